The van der Waals surface area contributed by atoms with E-state index in [1.165, 1.54) is 4.90 Å². The van der Waals surface area contributed by atoms with Gasteiger partial charge in [-0.2, -0.15) is 0 Å². The van der Waals surface area contributed by atoms with Crippen molar-refractivity contribution in [3.05, 3.63) is 0 Å². The number of nitrogens with zero attached hydrogens (tertiary/aromatic N) is 1. The summed E-state index contributed by atoms with van der Waals surface area (Å²) in [5, 5.41) is 12.4. The van der Waals surface area contributed by atoms with E-state index in [2.05, 4.69) is 5.32 Å². The van der Waals surface area contributed by atoms with Crippen LogP contribution in [0.1, 0.15) is 6.42 Å². The van der Waals surface area contributed by atoms with Crippen molar-refractivity contribution >= 4 is 15.7 Å². The van der Waals surface area contributed by atoms with E-state index in [1.54, 1.807) is 14.1 Å². The SMILES string of the molecule is CN(C)C(=O)CCNC1CS(=O)(=O)CC1O. The van der Waals surface area contributed by atoms with Gasteiger partial charge in [-0.15, -0.1) is 0 Å². The molecule has 94 valence electrons. The minimum atomic E-state index is -3.12. The highest BCUT2D eigenvalue weighted by Crippen LogP contribution is 2.12. The zero-order valence-corrected chi connectivity index (χ0v) is 10.3. The molecule has 1 heterocycles. The van der Waals surface area contributed by atoms with Crippen LogP contribution < -0.4 is 5.32 Å². The number of carbonyl (C=O) groups excluding carboxylic acids is 1. The summed E-state index contributed by atoms with van der Waals surface area (Å²) in [6.45, 7) is 0.383. The predicted molar refractivity (Wildman–Crippen MR) is 59.8 cm³/mol. The topological polar surface area (TPSA) is 86.7 Å². The first kappa shape index (κ1) is 13.4. The first-order chi connectivity index (χ1) is 7.32. The number of rotatable bonds is 4. The summed E-state index contributed by atoms with van der Waals surface area (Å²) in [6, 6.07) is -0.444. The number of amides is 1. The number of carbonyl (C=O) groups is 1. The van der Waals surface area contributed by atoms with E-state index in [0.717, 1.165) is 0 Å². The molecule has 1 rings (SSSR count). The maximum atomic E-state index is 11.2. The minimum Gasteiger partial charge on any atom is -0.390 e. The van der Waals surface area contributed by atoms with E-state index in [9.17, 15) is 18.3 Å². The molecular formula is C9H18N2O4S. The van der Waals surface area contributed by atoms with Gasteiger partial charge in [-0.3, -0.25) is 4.79 Å². The smallest absolute Gasteiger partial charge is 0.223 e. The molecule has 1 aliphatic heterocycles. The Morgan fingerprint density at radius 1 is 1.44 bits per heavy atom. The van der Waals surface area contributed by atoms with Crippen LogP contribution in [-0.2, 0) is 14.6 Å². The van der Waals surface area contributed by atoms with E-state index in [1.807, 2.05) is 0 Å². The Bertz CT molecular complexity index is 353. The Morgan fingerprint density at radius 2 is 2.06 bits per heavy atom. The molecule has 1 saturated heterocycles. The van der Waals surface area contributed by atoms with E-state index < -0.39 is 22.0 Å². The van der Waals surface area contributed by atoms with Crippen LogP contribution in [0.15, 0.2) is 0 Å². The average Bonchev–Trinajstić information content (AvgIpc) is 2.39. The summed E-state index contributed by atoms with van der Waals surface area (Å²) in [7, 11) is 0.208. The second-order valence-electron chi connectivity index (χ2n) is 4.24. The lowest BCUT2D eigenvalue weighted by Crippen LogP contribution is -2.40. The normalized spacial score (nSPS) is 27.9. The monoisotopic (exact) mass is 250 g/mol. The molecule has 16 heavy (non-hydrogen) atoms. The second-order valence-corrected chi connectivity index (χ2v) is 6.40. The summed E-state index contributed by atoms with van der Waals surface area (Å²) in [5.74, 6) is -0.265. The van der Waals surface area contributed by atoms with Crippen molar-refractivity contribution in [1.82, 2.24) is 10.2 Å². The fourth-order valence-electron chi connectivity index (χ4n) is 1.61. The van der Waals surface area contributed by atoms with Crippen LogP contribution in [0.2, 0.25) is 0 Å². The van der Waals surface area contributed by atoms with Crippen LogP contribution in [0.25, 0.3) is 0 Å². The zero-order chi connectivity index (χ0) is 12.3. The van der Waals surface area contributed by atoms with Crippen LogP contribution in [0.3, 0.4) is 0 Å². The molecule has 0 spiro atoms. The molecule has 0 saturated carbocycles. The third-order valence-electron chi connectivity index (χ3n) is 2.57. The van der Waals surface area contributed by atoms with Crippen LogP contribution in [0.4, 0.5) is 0 Å². The van der Waals surface area contributed by atoms with Crippen molar-refractivity contribution in [2.75, 3.05) is 32.1 Å². The van der Waals surface area contributed by atoms with Crippen molar-refractivity contribution in [2.24, 2.45) is 0 Å². The Balaban J connectivity index is 2.32. The Labute approximate surface area is 95.5 Å². The Kier molecular flexibility index (Phi) is 4.28. The van der Waals surface area contributed by atoms with Gasteiger partial charge in [0, 0.05) is 33.1 Å². The average molecular weight is 250 g/mol. The second kappa shape index (κ2) is 5.11. The minimum absolute atomic E-state index is 0.0251. The number of aliphatic hydroxyl groups is 1. The third-order valence-corrected chi connectivity index (χ3v) is 4.28. The van der Waals surface area contributed by atoms with Gasteiger partial charge in [-0.1, -0.05) is 0 Å². The summed E-state index contributed by atoms with van der Waals surface area (Å²) >= 11 is 0. The standard InChI is InChI=1S/C9H18N2O4S/c1-11(2)9(13)3-4-10-7-5-16(14,15)6-8(7)12/h7-8,10,12H,3-6H2,1-2H3. The molecule has 2 unspecified atom stereocenters. The summed E-state index contributed by atoms with van der Waals surface area (Å²) in [5.41, 5.74) is 0. The summed E-state index contributed by atoms with van der Waals surface area (Å²) in [6.07, 6.45) is -0.560. The molecule has 1 aliphatic rings. The molecular weight excluding hydrogens is 232 g/mol. The molecule has 1 amide bonds. The number of sulfone groups is 1. The van der Waals surface area contributed by atoms with Gasteiger partial charge in [0.05, 0.1) is 17.6 Å². The van der Waals surface area contributed by atoms with Crippen molar-refractivity contribution in [3.63, 3.8) is 0 Å². The molecule has 6 nitrogen and oxygen atoms in total. The molecule has 0 radical (unpaired) electrons. The largest absolute Gasteiger partial charge is 0.390 e. The van der Waals surface area contributed by atoms with E-state index in [4.69, 9.17) is 0 Å². The lowest BCUT2D eigenvalue weighted by Gasteiger charge is -2.15. The lowest BCUT2D eigenvalue weighted by atomic mass is 10.2. The summed E-state index contributed by atoms with van der Waals surface area (Å²) < 4.78 is 22.4. The molecule has 0 aromatic rings. The van der Waals surface area contributed by atoms with E-state index in [-0.39, 0.29) is 17.4 Å². The molecule has 0 aliphatic carbocycles. The highest BCUT2D eigenvalue weighted by molar-refractivity contribution is 7.91. The van der Waals surface area contributed by atoms with Gasteiger partial charge in [-0.05, 0) is 0 Å². The van der Waals surface area contributed by atoms with Gasteiger partial charge < -0.3 is 15.3 Å². The highest BCUT2D eigenvalue weighted by atomic mass is 32.2. The molecule has 1 fully saturated rings. The molecule has 7 heteroatoms. The fraction of sp³-hybridized carbons (Fsp3) is 0.889. The van der Waals surface area contributed by atoms with Crippen LogP contribution in [-0.4, -0.2) is 68.6 Å². The zero-order valence-electron chi connectivity index (χ0n) is 9.51. The van der Waals surface area contributed by atoms with Crippen LogP contribution in [0.5, 0.6) is 0 Å². The van der Waals surface area contributed by atoms with E-state index in [0.29, 0.717) is 13.0 Å². The fourth-order valence-corrected chi connectivity index (χ4v) is 3.39. The molecule has 0 bridgehead atoms. The Morgan fingerprint density at radius 3 is 2.50 bits per heavy atom. The molecule has 2 N–H and O–H groups in total. The molecule has 0 aromatic heterocycles. The van der Waals surface area contributed by atoms with Crippen LogP contribution in [0, 0.1) is 0 Å². The van der Waals surface area contributed by atoms with Gasteiger partial charge in [0.2, 0.25) is 5.91 Å². The van der Waals surface area contributed by atoms with Crippen molar-refractivity contribution in [2.45, 2.75) is 18.6 Å². The van der Waals surface area contributed by atoms with Gasteiger partial charge in [-0.25, -0.2) is 8.42 Å². The van der Waals surface area contributed by atoms with Gasteiger partial charge >= 0.3 is 0 Å². The maximum Gasteiger partial charge on any atom is 0.223 e. The third kappa shape index (κ3) is 3.73. The Hall–Kier alpha value is -0.660. The van der Waals surface area contributed by atoms with Crippen LogP contribution >= 0.6 is 0 Å². The van der Waals surface area contributed by atoms with Crippen molar-refractivity contribution in [1.29, 1.82) is 0 Å². The predicted octanol–water partition coefficient (Wildman–Crippen LogP) is -1.79. The quantitative estimate of drug-likeness (QED) is 0.615. The number of nitrogens with one attached hydrogen (secondary N) is 1. The maximum absolute atomic E-state index is 11.2. The van der Waals surface area contributed by atoms with Crippen molar-refractivity contribution < 1.29 is 18.3 Å². The van der Waals surface area contributed by atoms with Gasteiger partial charge in [0.25, 0.3) is 0 Å². The van der Waals surface area contributed by atoms with Crippen molar-refractivity contribution in [3.8, 4) is 0 Å². The summed E-state index contributed by atoms with van der Waals surface area (Å²) in [4.78, 5) is 12.7. The molecule has 2 atom stereocenters. The highest BCUT2D eigenvalue weighted by Gasteiger charge is 2.35. The first-order valence-electron chi connectivity index (χ1n) is 5.14. The number of aliphatic hydroxyl groups excluding tert-OH is 1. The molecule has 0 aromatic carbocycles. The first-order valence-corrected chi connectivity index (χ1v) is 6.96. The van der Waals surface area contributed by atoms with E-state index >= 15 is 0 Å². The van der Waals surface area contributed by atoms with Gasteiger partial charge in [0.15, 0.2) is 9.84 Å². The van der Waals surface area contributed by atoms with Gasteiger partial charge in [0.1, 0.15) is 0 Å². The number of hydrogen-bond acceptors (Lipinski definition) is 5. The number of hydrogen-bond donors (Lipinski definition) is 2. The lowest BCUT2D eigenvalue weighted by molar-refractivity contribution is -0.128.